The van der Waals surface area contributed by atoms with Crippen molar-refractivity contribution in [2.75, 3.05) is 18.6 Å². The molecule has 2 saturated heterocycles. The third kappa shape index (κ3) is 4.31. The minimum absolute atomic E-state index is 0.100. The SMILES string of the molecule is CCOc1cc([C@H]2C3=CC[C@@H]4C(=O)N(CCc5ccc(O)cc5)C(=O)[C@@H]4[C@@H]3C[C@@]3(Cl)C(=O)N(CBr)C(=O)[C@@]23Cl)ccc1O. The third-order valence-electron chi connectivity index (χ3n) is 9.28. The summed E-state index contributed by atoms with van der Waals surface area (Å²) in [5, 5.41) is 20.0. The number of hydrogen-bond donors (Lipinski definition) is 2. The van der Waals surface area contributed by atoms with E-state index in [9.17, 15) is 29.4 Å². The molecule has 12 heteroatoms. The molecule has 2 aromatic rings. The Labute approximate surface area is 266 Å². The highest BCUT2D eigenvalue weighted by Gasteiger charge is 2.76. The van der Waals surface area contributed by atoms with Crippen LogP contribution in [-0.4, -0.2) is 72.0 Å². The lowest BCUT2D eigenvalue weighted by molar-refractivity contribution is -0.141. The van der Waals surface area contributed by atoms with E-state index in [1.165, 1.54) is 11.0 Å². The maximum Gasteiger partial charge on any atom is 0.254 e. The number of alkyl halides is 3. The number of rotatable bonds is 7. The molecule has 2 N–H and O–H groups in total. The zero-order valence-corrected chi connectivity index (χ0v) is 26.2. The Morgan fingerprint density at radius 1 is 0.977 bits per heavy atom. The van der Waals surface area contributed by atoms with Crippen molar-refractivity contribution in [2.45, 2.75) is 41.9 Å². The number of imide groups is 2. The van der Waals surface area contributed by atoms with Crippen molar-refractivity contribution >= 4 is 62.8 Å². The van der Waals surface area contributed by atoms with Gasteiger partial charge in [0, 0.05) is 12.5 Å². The van der Waals surface area contributed by atoms with Crippen LogP contribution < -0.4 is 4.74 Å². The summed E-state index contributed by atoms with van der Waals surface area (Å²) in [6.45, 7) is 2.20. The molecule has 6 atom stereocenters. The molecule has 0 aromatic heterocycles. The summed E-state index contributed by atoms with van der Waals surface area (Å²) in [5.41, 5.74) is 1.91. The lowest BCUT2D eigenvalue weighted by atomic mass is 9.56. The number of likely N-dealkylation sites (tertiary alicyclic amines) is 2. The second-order valence-corrected chi connectivity index (χ2v) is 13.1. The van der Waals surface area contributed by atoms with Crippen molar-refractivity contribution in [2.24, 2.45) is 17.8 Å². The Balaban J connectivity index is 1.42. The molecular formula is C31H29BrCl2N2O7. The molecule has 0 bridgehead atoms. The van der Waals surface area contributed by atoms with E-state index in [0.29, 0.717) is 17.6 Å². The molecule has 4 aliphatic rings. The van der Waals surface area contributed by atoms with Crippen LogP contribution in [0.5, 0.6) is 17.2 Å². The average Bonchev–Trinajstić information content (AvgIpc) is 3.31. The maximum absolute atomic E-state index is 14.0. The Kier molecular flexibility index (Phi) is 7.54. The molecule has 3 fully saturated rings. The topological polar surface area (TPSA) is 124 Å². The molecule has 0 spiro atoms. The smallest absolute Gasteiger partial charge is 0.254 e. The van der Waals surface area contributed by atoms with Crippen LogP contribution in [-0.2, 0) is 25.6 Å². The number of phenols is 2. The van der Waals surface area contributed by atoms with E-state index in [-0.39, 0.29) is 60.5 Å². The van der Waals surface area contributed by atoms with Crippen molar-refractivity contribution in [3.8, 4) is 17.2 Å². The number of nitrogens with zero attached hydrogens (tertiary/aromatic N) is 2. The lowest BCUT2D eigenvalue weighted by Gasteiger charge is -2.50. The number of aromatic hydroxyl groups is 2. The van der Waals surface area contributed by atoms with Gasteiger partial charge in [0.05, 0.1) is 23.9 Å². The van der Waals surface area contributed by atoms with Gasteiger partial charge in [0.25, 0.3) is 11.8 Å². The first-order chi connectivity index (χ1) is 20.5. The van der Waals surface area contributed by atoms with Crippen molar-refractivity contribution in [3.63, 3.8) is 0 Å². The van der Waals surface area contributed by atoms with Gasteiger partial charge in [-0.2, -0.15) is 0 Å². The van der Waals surface area contributed by atoms with Gasteiger partial charge in [-0.05, 0) is 67.5 Å². The van der Waals surface area contributed by atoms with E-state index in [4.69, 9.17) is 27.9 Å². The molecule has 1 saturated carbocycles. The normalized spacial score (nSPS) is 31.6. The van der Waals surface area contributed by atoms with Gasteiger partial charge >= 0.3 is 0 Å². The Morgan fingerprint density at radius 3 is 2.37 bits per heavy atom. The number of carbonyl (C=O) groups excluding carboxylic acids is 4. The third-order valence-corrected chi connectivity index (χ3v) is 11.2. The van der Waals surface area contributed by atoms with Crippen LogP contribution in [0, 0.1) is 17.8 Å². The summed E-state index contributed by atoms with van der Waals surface area (Å²) in [5.74, 6) is -4.76. The van der Waals surface area contributed by atoms with E-state index in [1.54, 1.807) is 43.3 Å². The summed E-state index contributed by atoms with van der Waals surface area (Å²) < 4.78 is 5.61. The number of phenolic OH excluding ortho intramolecular Hbond substituents is 2. The van der Waals surface area contributed by atoms with Crippen LogP contribution in [0.2, 0.25) is 0 Å². The number of carbonyl (C=O) groups is 4. The van der Waals surface area contributed by atoms with Crippen LogP contribution in [0.4, 0.5) is 0 Å². The van der Waals surface area contributed by atoms with E-state index in [0.717, 1.165) is 10.5 Å². The minimum atomic E-state index is -1.93. The fourth-order valence-corrected chi connectivity index (χ4v) is 8.72. The second kappa shape index (κ2) is 10.8. The fraction of sp³-hybridized carbons (Fsp3) is 0.419. The highest BCUT2D eigenvalue weighted by Crippen LogP contribution is 2.65. The largest absolute Gasteiger partial charge is 0.508 e. The number of hydrogen-bond acceptors (Lipinski definition) is 7. The quantitative estimate of drug-likeness (QED) is 0.190. The molecule has 0 unspecified atom stereocenters. The molecule has 6 rings (SSSR count). The van der Waals surface area contributed by atoms with Crippen molar-refractivity contribution in [1.82, 2.24) is 9.80 Å². The number of ether oxygens (including phenoxy) is 1. The van der Waals surface area contributed by atoms with E-state index in [1.807, 2.05) is 6.08 Å². The number of amides is 4. The predicted molar refractivity (Wildman–Crippen MR) is 161 cm³/mol. The fourth-order valence-electron chi connectivity index (χ4n) is 7.30. The molecule has 4 amide bonds. The van der Waals surface area contributed by atoms with Crippen LogP contribution in [0.15, 0.2) is 54.1 Å². The zero-order valence-electron chi connectivity index (χ0n) is 23.1. The van der Waals surface area contributed by atoms with Gasteiger partial charge in [-0.1, -0.05) is 45.8 Å². The molecular weight excluding hydrogens is 663 g/mol. The van der Waals surface area contributed by atoms with Crippen LogP contribution in [0.1, 0.15) is 36.8 Å². The van der Waals surface area contributed by atoms with Gasteiger partial charge < -0.3 is 14.9 Å². The Morgan fingerprint density at radius 2 is 1.70 bits per heavy atom. The van der Waals surface area contributed by atoms with Crippen molar-refractivity contribution in [1.29, 1.82) is 0 Å². The standard InChI is InChI=1S/C31H29BrCl2N2O7/c1-2-43-23-13-17(5-10-22(23)38)25-19-8-9-20-24(21(19)14-30(33)28(41)36(15-32)29(42)31(25,30)34)27(40)35(26(20)39)12-11-16-3-6-18(37)7-4-16/h3-8,10,13,20-21,24-25,37-38H,2,9,11-12,14-15H2,1H3/t20-,21+,24-,25-,30+,31-/m0/s1. The van der Waals surface area contributed by atoms with Crippen LogP contribution >= 0.6 is 39.1 Å². The molecule has 9 nitrogen and oxygen atoms in total. The molecule has 43 heavy (non-hydrogen) atoms. The summed E-state index contributed by atoms with van der Waals surface area (Å²) in [6.07, 6.45) is 2.44. The number of halogens is 3. The Hall–Kier alpha value is -3.08. The molecule has 226 valence electrons. The first-order valence-corrected chi connectivity index (χ1v) is 15.9. The summed E-state index contributed by atoms with van der Waals surface area (Å²) in [7, 11) is 0. The monoisotopic (exact) mass is 690 g/mol. The van der Waals surface area contributed by atoms with Gasteiger partial charge in [-0.3, -0.25) is 29.0 Å². The lowest BCUT2D eigenvalue weighted by Crippen LogP contribution is -2.60. The van der Waals surface area contributed by atoms with Gasteiger partial charge in [0.2, 0.25) is 11.8 Å². The summed E-state index contributed by atoms with van der Waals surface area (Å²) in [4.78, 5) is 53.7. The van der Waals surface area contributed by atoms with Crippen LogP contribution in [0.3, 0.4) is 0 Å². The maximum atomic E-state index is 14.0. The first kappa shape index (κ1) is 30.0. The van der Waals surface area contributed by atoms with Crippen LogP contribution in [0.25, 0.3) is 0 Å². The van der Waals surface area contributed by atoms with Gasteiger partial charge in [-0.15, -0.1) is 23.2 Å². The Bertz CT molecular complexity index is 1570. The summed E-state index contributed by atoms with van der Waals surface area (Å²) >= 11 is 17.7. The summed E-state index contributed by atoms with van der Waals surface area (Å²) in [6, 6.07) is 11.2. The molecule has 0 radical (unpaired) electrons. The van der Waals surface area contributed by atoms with E-state index >= 15 is 0 Å². The number of benzene rings is 2. The zero-order chi connectivity index (χ0) is 30.8. The van der Waals surface area contributed by atoms with Crippen molar-refractivity contribution < 1.29 is 34.1 Å². The van der Waals surface area contributed by atoms with Gasteiger partial charge in [0.15, 0.2) is 21.2 Å². The molecule has 2 heterocycles. The average molecular weight is 692 g/mol. The number of fused-ring (bicyclic) bond motifs is 4. The van der Waals surface area contributed by atoms with Gasteiger partial charge in [0.1, 0.15) is 5.75 Å². The highest BCUT2D eigenvalue weighted by molar-refractivity contribution is 9.09. The molecule has 2 aromatic carbocycles. The van der Waals surface area contributed by atoms with E-state index < -0.39 is 45.2 Å². The first-order valence-electron chi connectivity index (χ1n) is 14.1. The second-order valence-electron chi connectivity index (χ2n) is 11.4. The molecule has 2 aliphatic carbocycles. The molecule has 2 aliphatic heterocycles. The van der Waals surface area contributed by atoms with Gasteiger partial charge in [-0.25, -0.2) is 0 Å². The number of allylic oxidation sites excluding steroid dienone is 2. The van der Waals surface area contributed by atoms with E-state index in [2.05, 4.69) is 15.9 Å². The predicted octanol–water partition coefficient (Wildman–Crippen LogP) is 4.45. The minimum Gasteiger partial charge on any atom is -0.508 e. The highest BCUT2D eigenvalue weighted by atomic mass is 79.9. The van der Waals surface area contributed by atoms with Crippen molar-refractivity contribution in [3.05, 3.63) is 65.2 Å².